The minimum absolute atomic E-state index is 0.229. The Balaban J connectivity index is 2.20. The lowest BCUT2D eigenvalue weighted by atomic mass is 9.92. The number of piperidine rings is 1. The van der Waals surface area contributed by atoms with E-state index in [0.717, 1.165) is 19.1 Å². The Kier molecular flexibility index (Phi) is 7.01. The molecule has 2 N–H and O–H groups in total. The summed E-state index contributed by atoms with van der Waals surface area (Å²) in [5, 5.41) is 0. The number of hydrogen-bond donors (Lipinski definition) is 1. The highest BCUT2D eigenvalue weighted by Gasteiger charge is 2.20. The van der Waals surface area contributed by atoms with Crippen molar-refractivity contribution in [3.05, 3.63) is 0 Å². The Bertz CT molecular complexity index is 167. The summed E-state index contributed by atoms with van der Waals surface area (Å²) in [5.41, 5.74) is 5.70. The Morgan fingerprint density at radius 2 is 2.00 bits per heavy atom. The third-order valence-corrected chi connectivity index (χ3v) is 3.53. The molecule has 0 bridgehead atoms. The topological polar surface area (TPSA) is 38.5 Å². The first-order valence-corrected chi connectivity index (χ1v) is 6.84. The molecule has 0 aromatic rings. The quantitative estimate of drug-likeness (QED) is 0.723. The van der Waals surface area contributed by atoms with E-state index in [0.29, 0.717) is 6.54 Å². The highest BCUT2D eigenvalue weighted by atomic mass is 16.5. The standard InChI is InChI=1S/C13H28N2O/c1-3-5-12-6-8-15(9-7-12)11-13(10-14)16-4-2/h12-13H,3-11,14H2,1-2H3. The fourth-order valence-electron chi connectivity index (χ4n) is 2.58. The number of nitrogens with two attached hydrogens (primary N) is 1. The van der Waals surface area contributed by atoms with Gasteiger partial charge in [0.2, 0.25) is 0 Å². The Labute approximate surface area is 100 Å². The molecule has 1 unspecified atom stereocenters. The molecule has 1 aliphatic rings. The summed E-state index contributed by atoms with van der Waals surface area (Å²) in [5.74, 6) is 0.963. The van der Waals surface area contributed by atoms with E-state index in [2.05, 4.69) is 11.8 Å². The zero-order chi connectivity index (χ0) is 11.8. The monoisotopic (exact) mass is 228 g/mol. The van der Waals surface area contributed by atoms with E-state index in [-0.39, 0.29) is 6.10 Å². The van der Waals surface area contributed by atoms with Crippen LogP contribution >= 0.6 is 0 Å². The normalized spacial score (nSPS) is 21.2. The lowest BCUT2D eigenvalue weighted by molar-refractivity contribution is 0.0297. The predicted octanol–water partition coefficient (Wildman–Crippen LogP) is 1.86. The zero-order valence-electron chi connectivity index (χ0n) is 11.0. The lowest BCUT2D eigenvalue weighted by Gasteiger charge is -2.33. The summed E-state index contributed by atoms with van der Waals surface area (Å²) in [6.07, 6.45) is 5.68. The molecule has 3 nitrogen and oxygen atoms in total. The van der Waals surface area contributed by atoms with E-state index in [1.807, 2.05) is 6.92 Å². The molecule has 1 atom stereocenters. The highest BCUT2D eigenvalue weighted by Crippen LogP contribution is 2.21. The van der Waals surface area contributed by atoms with Gasteiger partial charge in [0.25, 0.3) is 0 Å². The predicted molar refractivity (Wildman–Crippen MR) is 68.5 cm³/mol. The number of hydrogen-bond acceptors (Lipinski definition) is 3. The van der Waals surface area contributed by atoms with E-state index >= 15 is 0 Å². The van der Waals surface area contributed by atoms with Crippen molar-refractivity contribution in [2.75, 3.05) is 32.8 Å². The van der Waals surface area contributed by atoms with E-state index in [1.165, 1.54) is 38.8 Å². The molecule has 0 spiro atoms. The molecule has 0 aliphatic carbocycles. The van der Waals surface area contributed by atoms with Crippen molar-refractivity contribution in [3.8, 4) is 0 Å². The molecule has 16 heavy (non-hydrogen) atoms. The maximum absolute atomic E-state index is 5.70. The summed E-state index contributed by atoms with van der Waals surface area (Å²) in [4.78, 5) is 2.51. The maximum Gasteiger partial charge on any atom is 0.0823 e. The van der Waals surface area contributed by atoms with Crippen LogP contribution in [0.4, 0.5) is 0 Å². The molecule has 1 rings (SSSR count). The molecule has 0 aromatic carbocycles. The van der Waals surface area contributed by atoms with Gasteiger partial charge in [-0.1, -0.05) is 19.8 Å². The molecule has 0 amide bonds. The van der Waals surface area contributed by atoms with Gasteiger partial charge in [0.05, 0.1) is 6.10 Å². The summed E-state index contributed by atoms with van der Waals surface area (Å²) < 4.78 is 5.60. The molecule has 0 saturated carbocycles. The summed E-state index contributed by atoms with van der Waals surface area (Å²) in [7, 11) is 0. The fourth-order valence-corrected chi connectivity index (χ4v) is 2.58. The van der Waals surface area contributed by atoms with Crippen LogP contribution < -0.4 is 5.73 Å². The second-order valence-electron chi connectivity index (χ2n) is 4.85. The number of ether oxygens (including phenoxy) is 1. The van der Waals surface area contributed by atoms with Crippen LogP contribution in [0.3, 0.4) is 0 Å². The van der Waals surface area contributed by atoms with Gasteiger partial charge in [0, 0.05) is 19.7 Å². The Morgan fingerprint density at radius 1 is 1.31 bits per heavy atom. The van der Waals surface area contributed by atoms with Gasteiger partial charge in [-0.2, -0.15) is 0 Å². The minimum Gasteiger partial charge on any atom is -0.376 e. The van der Waals surface area contributed by atoms with Gasteiger partial charge in [0.1, 0.15) is 0 Å². The van der Waals surface area contributed by atoms with Gasteiger partial charge < -0.3 is 15.4 Å². The van der Waals surface area contributed by atoms with Gasteiger partial charge >= 0.3 is 0 Å². The number of rotatable bonds is 7. The molecule has 1 fully saturated rings. The third kappa shape index (κ3) is 4.81. The molecular weight excluding hydrogens is 200 g/mol. The average Bonchev–Trinajstić information content (AvgIpc) is 2.31. The van der Waals surface area contributed by atoms with Crippen LogP contribution in [0.2, 0.25) is 0 Å². The van der Waals surface area contributed by atoms with Gasteiger partial charge in [0.15, 0.2) is 0 Å². The molecule has 1 heterocycles. The average molecular weight is 228 g/mol. The van der Waals surface area contributed by atoms with Crippen molar-refractivity contribution in [1.82, 2.24) is 4.90 Å². The number of likely N-dealkylation sites (tertiary alicyclic amines) is 1. The smallest absolute Gasteiger partial charge is 0.0823 e. The molecule has 1 saturated heterocycles. The van der Waals surface area contributed by atoms with Gasteiger partial charge in [-0.15, -0.1) is 0 Å². The molecule has 96 valence electrons. The maximum atomic E-state index is 5.70. The largest absolute Gasteiger partial charge is 0.376 e. The first-order valence-electron chi connectivity index (χ1n) is 6.84. The van der Waals surface area contributed by atoms with Crippen LogP contribution in [0.1, 0.15) is 39.5 Å². The van der Waals surface area contributed by atoms with Crippen LogP contribution in [0.5, 0.6) is 0 Å². The van der Waals surface area contributed by atoms with Crippen LogP contribution in [0.15, 0.2) is 0 Å². The van der Waals surface area contributed by atoms with Crippen molar-refractivity contribution < 1.29 is 4.74 Å². The van der Waals surface area contributed by atoms with E-state index in [9.17, 15) is 0 Å². The van der Waals surface area contributed by atoms with Gasteiger partial charge in [-0.25, -0.2) is 0 Å². The van der Waals surface area contributed by atoms with Gasteiger partial charge in [-0.3, -0.25) is 0 Å². The van der Waals surface area contributed by atoms with Crippen LogP contribution in [0.25, 0.3) is 0 Å². The number of nitrogens with zero attached hydrogens (tertiary/aromatic N) is 1. The first-order chi connectivity index (χ1) is 7.80. The molecular formula is C13H28N2O. The van der Waals surface area contributed by atoms with Crippen LogP contribution in [-0.2, 0) is 4.74 Å². The first kappa shape index (κ1) is 13.9. The molecule has 3 heteroatoms. The van der Waals surface area contributed by atoms with Crippen LogP contribution in [0, 0.1) is 5.92 Å². The summed E-state index contributed by atoms with van der Waals surface area (Å²) in [6.45, 7) is 9.21. The lowest BCUT2D eigenvalue weighted by Crippen LogP contribution is -2.42. The van der Waals surface area contributed by atoms with E-state index < -0.39 is 0 Å². The van der Waals surface area contributed by atoms with Crippen molar-refractivity contribution in [1.29, 1.82) is 0 Å². The summed E-state index contributed by atoms with van der Waals surface area (Å²) >= 11 is 0. The third-order valence-electron chi connectivity index (χ3n) is 3.53. The zero-order valence-corrected chi connectivity index (χ0v) is 11.0. The Hall–Kier alpha value is -0.120. The Morgan fingerprint density at radius 3 is 2.50 bits per heavy atom. The summed E-state index contributed by atoms with van der Waals surface area (Å²) in [6, 6.07) is 0. The van der Waals surface area contributed by atoms with E-state index in [1.54, 1.807) is 0 Å². The minimum atomic E-state index is 0.229. The van der Waals surface area contributed by atoms with Crippen molar-refractivity contribution in [2.24, 2.45) is 11.7 Å². The van der Waals surface area contributed by atoms with Crippen molar-refractivity contribution in [2.45, 2.75) is 45.6 Å². The van der Waals surface area contributed by atoms with E-state index in [4.69, 9.17) is 10.5 Å². The van der Waals surface area contributed by atoms with Gasteiger partial charge in [-0.05, 0) is 38.8 Å². The molecule has 0 aromatic heterocycles. The molecule has 0 radical (unpaired) electrons. The SMILES string of the molecule is CCCC1CCN(CC(CN)OCC)CC1. The molecule has 1 aliphatic heterocycles. The second kappa shape index (κ2) is 8.04. The van der Waals surface area contributed by atoms with Crippen LogP contribution in [-0.4, -0.2) is 43.8 Å². The van der Waals surface area contributed by atoms with Crippen molar-refractivity contribution >= 4 is 0 Å². The highest BCUT2D eigenvalue weighted by molar-refractivity contribution is 4.75. The van der Waals surface area contributed by atoms with Crippen molar-refractivity contribution in [3.63, 3.8) is 0 Å². The second-order valence-corrected chi connectivity index (χ2v) is 4.85. The fraction of sp³-hybridized carbons (Fsp3) is 1.00.